The van der Waals surface area contributed by atoms with E-state index in [2.05, 4.69) is 54.4 Å². The van der Waals surface area contributed by atoms with Gasteiger partial charge < -0.3 is 5.32 Å². The van der Waals surface area contributed by atoms with E-state index in [0.717, 1.165) is 25.1 Å². The normalized spacial score (nSPS) is 18.1. The van der Waals surface area contributed by atoms with Crippen LogP contribution in [0.15, 0.2) is 48.5 Å². The van der Waals surface area contributed by atoms with Crippen LogP contribution in [0.1, 0.15) is 35.6 Å². The van der Waals surface area contributed by atoms with Gasteiger partial charge in [0.15, 0.2) is 0 Å². The van der Waals surface area contributed by atoms with Gasteiger partial charge in [-0.3, -0.25) is 9.69 Å². The molecule has 23 heavy (non-hydrogen) atoms. The van der Waals surface area contributed by atoms with Crippen LogP contribution in [0.4, 0.5) is 5.69 Å². The van der Waals surface area contributed by atoms with Crippen molar-refractivity contribution in [3.63, 3.8) is 0 Å². The standard InChI is InChI=1S/C20H24N2O/c1-15-11-16(2)13-18(12-15)21-20(23)14-22-10-6-9-19(22)17-7-4-3-5-8-17/h3-5,7-8,11-13,19H,6,9-10,14H2,1-2H3,(H,21,23)/t19-/m0/s1. The number of carbonyl (C=O) groups excluding carboxylic acids is 1. The second-order valence-corrected chi connectivity index (χ2v) is 6.46. The van der Waals surface area contributed by atoms with Gasteiger partial charge in [-0.15, -0.1) is 0 Å². The minimum atomic E-state index is 0.0674. The summed E-state index contributed by atoms with van der Waals surface area (Å²) in [5.74, 6) is 0.0674. The van der Waals surface area contributed by atoms with E-state index in [4.69, 9.17) is 0 Å². The van der Waals surface area contributed by atoms with Crippen molar-refractivity contribution < 1.29 is 4.79 Å². The third kappa shape index (κ3) is 3.99. The fourth-order valence-corrected chi connectivity index (χ4v) is 3.50. The maximum absolute atomic E-state index is 12.4. The summed E-state index contributed by atoms with van der Waals surface area (Å²) in [6, 6.07) is 17.0. The first kappa shape index (κ1) is 15.8. The van der Waals surface area contributed by atoms with E-state index in [-0.39, 0.29) is 5.91 Å². The molecule has 1 saturated heterocycles. The fraction of sp³-hybridized carbons (Fsp3) is 0.350. The predicted molar refractivity (Wildman–Crippen MR) is 94.5 cm³/mol. The van der Waals surface area contributed by atoms with Crippen molar-refractivity contribution in [1.82, 2.24) is 4.90 Å². The third-order valence-electron chi connectivity index (χ3n) is 4.40. The number of benzene rings is 2. The molecule has 0 saturated carbocycles. The van der Waals surface area contributed by atoms with Gasteiger partial charge in [-0.25, -0.2) is 0 Å². The number of aryl methyl sites for hydroxylation is 2. The Balaban J connectivity index is 1.65. The van der Waals surface area contributed by atoms with Gasteiger partial charge >= 0.3 is 0 Å². The monoisotopic (exact) mass is 308 g/mol. The summed E-state index contributed by atoms with van der Waals surface area (Å²) in [4.78, 5) is 14.7. The van der Waals surface area contributed by atoms with Crippen molar-refractivity contribution in [3.05, 3.63) is 65.2 Å². The maximum atomic E-state index is 12.4. The molecule has 3 rings (SSSR count). The van der Waals surface area contributed by atoms with Gasteiger partial charge in [0.1, 0.15) is 0 Å². The molecular formula is C20H24N2O. The van der Waals surface area contributed by atoms with Crippen LogP contribution >= 0.6 is 0 Å². The van der Waals surface area contributed by atoms with Crippen molar-refractivity contribution in [3.8, 4) is 0 Å². The van der Waals surface area contributed by atoms with Crippen molar-refractivity contribution >= 4 is 11.6 Å². The Morgan fingerprint density at radius 1 is 1.13 bits per heavy atom. The molecule has 0 unspecified atom stereocenters. The molecule has 1 N–H and O–H groups in total. The number of anilines is 1. The van der Waals surface area contributed by atoms with Gasteiger partial charge in [0, 0.05) is 11.7 Å². The van der Waals surface area contributed by atoms with Gasteiger partial charge in [-0.2, -0.15) is 0 Å². The number of amides is 1. The second-order valence-electron chi connectivity index (χ2n) is 6.46. The smallest absolute Gasteiger partial charge is 0.238 e. The highest BCUT2D eigenvalue weighted by Gasteiger charge is 2.27. The lowest BCUT2D eigenvalue weighted by Crippen LogP contribution is -2.32. The molecule has 0 aromatic heterocycles. The summed E-state index contributed by atoms with van der Waals surface area (Å²) in [6.07, 6.45) is 2.28. The summed E-state index contributed by atoms with van der Waals surface area (Å²) in [7, 11) is 0. The van der Waals surface area contributed by atoms with Crippen LogP contribution in [0.25, 0.3) is 0 Å². The second kappa shape index (κ2) is 6.97. The summed E-state index contributed by atoms with van der Waals surface area (Å²) in [6.45, 7) is 5.54. The zero-order chi connectivity index (χ0) is 16.2. The Hall–Kier alpha value is -2.13. The molecule has 0 bridgehead atoms. The molecule has 1 aliphatic heterocycles. The number of hydrogen-bond acceptors (Lipinski definition) is 2. The van der Waals surface area contributed by atoms with E-state index in [9.17, 15) is 4.79 Å². The van der Waals surface area contributed by atoms with Crippen molar-refractivity contribution in [2.75, 3.05) is 18.4 Å². The van der Waals surface area contributed by atoms with E-state index >= 15 is 0 Å². The molecule has 3 heteroatoms. The van der Waals surface area contributed by atoms with Crippen LogP contribution < -0.4 is 5.32 Å². The fourth-order valence-electron chi connectivity index (χ4n) is 3.50. The first-order valence-electron chi connectivity index (χ1n) is 8.29. The number of hydrogen-bond donors (Lipinski definition) is 1. The average Bonchev–Trinajstić information content (AvgIpc) is 2.95. The van der Waals surface area contributed by atoms with Gasteiger partial charge in [-0.05, 0) is 62.1 Å². The Kier molecular flexibility index (Phi) is 4.77. The lowest BCUT2D eigenvalue weighted by atomic mass is 10.0. The highest BCUT2D eigenvalue weighted by atomic mass is 16.2. The SMILES string of the molecule is Cc1cc(C)cc(NC(=O)CN2CCC[C@H]2c2ccccc2)c1. The summed E-state index contributed by atoms with van der Waals surface area (Å²) in [5.41, 5.74) is 4.54. The van der Waals surface area contributed by atoms with Crippen molar-refractivity contribution in [1.29, 1.82) is 0 Å². The summed E-state index contributed by atoms with van der Waals surface area (Å²) < 4.78 is 0. The Labute approximate surface area is 138 Å². The van der Waals surface area contributed by atoms with Gasteiger partial charge in [0.2, 0.25) is 5.91 Å². The molecule has 120 valence electrons. The third-order valence-corrected chi connectivity index (χ3v) is 4.40. The number of rotatable bonds is 4. The molecule has 2 aromatic rings. The number of nitrogens with one attached hydrogen (secondary N) is 1. The van der Waals surface area contributed by atoms with Crippen LogP contribution in [0.5, 0.6) is 0 Å². The Bertz CT molecular complexity index is 661. The minimum Gasteiger partial charge on any atom is -0.325 e. The quantitative estimate of drug-likeness (QED) is 0.923. The van der Waals surface area contributed by atoms with Crippen molar-refractivity contribution in [2.24, 2.45) is 0 Å². The molecule has 1 heterocycles. The Morgan fingerprint density at radius 2 is 1.83 bits per heavy atom. The zero-order valence-electron chi connectivity index (χ0n) is 13.9. The topological polar surface area (TPSA) is 32.3 Å². The van der Waals surface area contributed by atoms with E-state index in [1.165, 1.54) is 16.7 Å². The van der Waals surface area contributed by atoms with Crippen LogP contribution in [0.3, 0.4) is 0 Å². The maximum Gasteiger partial charge on any atom is 0.238 e. The van der Waals surface area contributed by atoms with Gasteiger partial charge in [0.25, 0.3) is 0 Å². The van der Waals surface area contributed by atoms with E-state index < -0.39 is 0 Å². The molecular weight excluding hydrogens is 284 g/mol. The minimum absolute atomic E-state index is 0.0674. The molecule has 1 amide bonds. The first-order chi connectivity index (χ1) is 11.1. The van der Waals surface area contributed by atoms with E-state index in [1.807, 2.05) is 18.2 Å². The number of likely N-dealkylation sites (tertiary alicyclic amines) is 1. The Morgan fingerprint density at radius 3 is 2.52 bits per heavy atom. The summed E-state index contributed by atoms with van der Waals surface area (Å²) >= 11 is 0. The van der Waals surface area contributed by atoms with Crippen molar-refractivity contribution in [2.45, 2.75) is 32.7 Å². The number of nitrogens with zero attached hydrogens (tertiary/aromatic N) is 1. The zero-order valence-corrected chi connectivity index (χ0v) is 13.9. The van der Waals surface area contributed by atoms with Crippen LogP contribution in [-0.2, 0) is 4.79 Å². The predicted octanol–water partition coefficient (Wildman–Crippen LogP) is 4.08. The molecule has 0 aliphatic carbocycles. The van der Waals surface area contributed by atoms with Gasteiger partial charge in [0.05, 0.1) is 6.54 Å². The molecule has 2 aromatic carbocycles. The highest BCUT2D eigenvalue weighted by molar-refractivity contribution is 5.92. The lowest BCUT2D eigenvalue weighted by molar-refractivity contribution is -0.117. The first-order valence-corrected chi connectivity index (χ1v) is 8.29. The van der Waals surface area contributed by atoms with E-state index in [1.54, 1.807) is 0 Å². The highest BCUT2D eigenvalue weighted by Crippen LogP contribution is 2.31. The number of carbonyl (C=O) groups is 1. The van der Waals surface area contributed by atoms with Gasteiger partial charge in [-0.1, -0.05) is 36.4 Å². The van der Waals surface area contributed by atoms with Crippen LogP contribution in [-0.4, -0.2) is 23.9 Å². The van der Waals surface area contributed by atoms with E-state index in [0.29, 0.717) is 12.6 Å². The largest absolute Gasteiger partial charge is 0.325 e. The molecule has 3 nitrogen and oxygen atoms in total. The van der Waals surface area contributed by atoms with Crippen LogP contribution in [0, 0.1) is 13.8 Å². The summed E-state index contributed by atoms with van der Waals surface area (Å²) in [5, 5.41) is 3.04. The molecule has 0 radical (unpaired) electrons. The molecule has 0 spiro atoms. The molecule has 1 fully saturated rings. The molecule has 1 aliphatic rings. The molecule has 1 atom stereocenters. The van der Waals surface area contributed by atoms with Crippen LogP contribution in [0.2, 0.25) is 0 Å². The average molecular weight is 308 g/mol. The lowest BCUT2D eigenvalue weighted by Gasteiger charge is -2.24.